The SMILES string of the molecule is CC(CCN)c1cc(N2CC(OCc3ccccc3)C2)nc2cc([C@@H]3CCCCN3C(=O)OC(C)(C)C)nn12. The third-order valence-electron chi connectivity index (χ3n) is 7.54. The van der Waals surface area contributed by atoms with Gasteiger partial charge in [-0.25, -0.2) is 14.3 Å². The van der Waals surface area contributed by atoms with Crippen LogP contribution in [0.3, 0.4) is 0 Å². The maximum atomic E-state index is 13.1. The minimum Gasteiger partial charge on any atom is -0.444 e. The van der Waals surface area contributed by atoms with Crippen molar-refractivity contribution in [2.45, 2.75) is 83.6 Å². The van der Waals surface area contributed by atoms with Crippen molar-refractivity contribution in [1.82, 2.24) is 19.5 Å². The second kappa shape index (κ2) is 11.5. The average molecular weight is 535 g/mol. The van der Waals surface area contributed by atoms with E-state index < -0.39 is 5.60 Å². The number of anilines is 1. The van der Waals surface area contributed by atoms with Crippen molar-refractivity contribution in [3.8, 4) is 0 Å². The molecule has 2 aliphatic rings. The highest BCUT2D eigenvalue weighted by atomic mass is 16.6. The summed E-state index contributed by atoms with van der Waals surface area (Å²) in [4.78, 5) is 22.2. The molecule has 210 valence electrons. The number of carbonyl (C=O) groups is 1. The third-order valence-corrected chi connectivity index (χ3v) is 7.54. The van der Waals surface area contributed by atoms with E-state index in [4.69, 9.17) is 25.3 Å². The van der Waals surface area contributed by atoms with E-state index in [9.17, 15) is 4.79 Å². The molecule has 1 unspecified atom stereocenters. The summed E-state index contributed by atoms with van der Waals surface area (Å²) in [5.74, 6) is 1.15. The predicted octanol–water partition coefficient (Wildman–Crippen LogP) is 5.05. The Morgan fingerprint density at radius 3 is 2.64 bits per heavy atom. The van der Waals surface area contributed by atoms with Crippen molar-refractivity contribution in [3.05, 3.63) is 59.4 Å². The molecule has 2 saturated heterocycles. The molecule has 0 radical (unpaired) electrons. The largest absolute Gasteiger partial charge is 0.444 e. The number of fused-ring (bicyclic) bond motifs is 1. The second-order valence-electron chi connectivity index (χ2n) is 11.9. The van der Waals surface area contributed by atoms with E-state index in [1.54, 1.807) is 0 Å². The Morgan fingerprint density at radius 1 is 1.15 bits per heavy atom. The number of aromatic nitrogens is 3. The van der Waals surface area contributed by atoms with Crippen LogP contribution in [0.15, 0.2) is 42.5 Å². The Labute approximate surface area is 231 Å². The Bertz CT molecular complexity index is 1260. The van der Waals surface area contributed by atoms with Crippen molar-refractivity contribution in [1.29, 1.82) is 0 Å². The van der Waals surface area contributed by atoms with Crippen LogP contribution >= 0.6 is 0 Å². The maximum absolute atomic E-state index is 13.1. The van der Waals surface area contributed by atoms with Crippen molar-refractivity contribution in [2.24, 2.45) is 5.73 Å². The van der Waals surface area contributed by atoms with Gasteiger partial charge in [0.1, 0.15) is 11.4 Å². The molecule has 2 aromatic heterocycles. The average Bonchev–Trinajstić information content (AvgIpc) is 3.31. The molecule has 1 amide bonds. The number of benzene rings is 1. The molecule has 2 aliphatic heterocycles. The van der Waals surface area contributed by atoms with E-state index in [0.717, 1.165) is 61.6 Å². The lowest BCUT2D eigenvalue weighted by atomic mass is 10.00. The standard InChI is InChI=1S/C30H42N6O3/c1-21(13-14-31)26-17-27(34-18-23(19-34)38-20-22-10-6-5-7-11-22)32-28-16-24(33-36(26)28)25-12-8-9-15-35(25)29(37)39-30(2,3)4/h5-7,10-11,16-17,21,23,25H,8-9,12-15,18-20,31H2,1-4H3/t21?,25-/m0/s1. The van der Waals surface area contributed by atoms with Crippen molar-refractivity contribution in [2.75, 3.05) is 31.1 Å². The zero-order chi connectivity index (χ0) is 27.6. The molecular formula is C30H42N6O3. The van der Waals surface area contributed by atoms with E-state index >= 15 is 0 Å². The van der Waals surface area contributed by atoms with Crippen LogP contribution in [0.1, 0.15) is 82.3 Å². The van der Waals surface area contributed by atoms with Gasteiger partial charge in [0.05, 0.1) is 30.1 Å². The van der Waals surface area contributed by atoms with Crippen LogP contribution in [0.25, 0.3) is 5.65 Å². The zero-order valence-corrected chi connectivity index (χ0v) is 23.7. The van der Waals surface area contributed by atoms with Crippen LogP contribution in [0, 0.1) is 0 Å². The molecular weight excluding hydrogens is 492 g/mol. The smallest absolute Gasteiger partial charge is 0.410 e. The van der Waals surface area contributed by atoms with Crippen molar-refractivity contribution < 1.29 is 14.3 Å². The summed E-state index contributed by atoms with van der Waals surface area (Å²) in [5.41, 5.74) is 9.32. The number of ether oxygens (including phenoxy) is 2. The number of piperidine rings is 1. The van der Waals surface area contributed by atoms with Gasteiger partial charge in [-0.2, -0.15) is 5.10 Å². The minimum atomic E-state index is -0.542. The Balaban J connectivity index is 1.37. The van der Waals surface area contributed by atoms with Crippen LogP contribution < -0.4 is 10.6 Å². The highest BCUT2D eigenvalue weighted by Crippen LogP contribution is 2.34. The summed E-state index contributed by atoms with van der Waals surface area (Å²) < 4.78 is 13.8. The van der Waals surface area contributed by atoms with Gasteiger partial charge in [-0.05, 0) is 64.5 Å². The first kappa shape index (κ1) is 27.4. The fraction of sp³-hybridized carbons (Fsp3) is 0.567. The number of nitrogens with zero attached hydrogens (tertiary/aromatic N) is 5. The molecule has 3 aromatic rings. The van der Waals surface area contributed by atoms with Gasteiger partial charge >= 0.3 is 6.09 Å². The summed E-state index contributed by atoms with van der Waals surface area (Å²) in [6, 6.07) is 14.3. The lowest BCUT2D eigenvalue weighted by Gasteiger charge is -2.40. The Kier molecular flexibility index (Phi) is 8.09. The Morgan fingerprint density at radius 2 is 1.92 bits per heavy atom. The number of likely N-dealkylation sites (tertiary alicyclic amines) is 1. The lowest BCUT2D eigenvalue weighted by Crippen LogP contribution is -2.52. The number of rotatable bonds is 8. The van der Waals surface area contributed by atoms with Crippen LogP contribution in [-0.4, -0.2) is 63.5 Å². The molecule has 0 bridgehead atoms. The number of nitrogens with two attached hydrogens (primary N) is 1. The van der Waals surface area contributed by atoms with Gasteiger partial charge in [-0.1, -0.05) is 37.3 Å². The number of hydrogen-bond acceptors (Lipinski definition) is 7. The first-order valence-electron chi connectivity index (χ1n) is 14.2. The van der Waals surface area contributed by atoms with E-state index in [0.29, 0.717) is 19.7 Å². The van der Waals surface area contributed by atoms with Crippen molar-refractivity contribution in [3.63, 3.8) is 0 Å². The normalized spacial score (nSPS) is 19.3. The molecule has 1 aromatic carbocycles. The first-order chi connectivity index (χ1) is 18.7. The lowest BCUT2D eigenvalue weighted by molar-refractivity contribution is 0.00896. The van der Waals surface area contributed by atoms with Gasteiger partial charge in [0.2, 0.25) is 0 Å². The minimum absolute atomic E-state index is 0.129. The summed E-state index contributed by atoms with van der Waals surface area (Å²) in [6.07, 6.45) is 3.62. The summed E-state index contributed by atoms with van der Waals surface area (Å²) in [5, 5.41) is 5.01. The summed E-state index contributed by atoms with van der Waals surface area (Å²) in [7, 11) is 0. The molecule has 2 atom stereocenters. The van der Waals surface area contributed by atoms with E-state index in [-0.39, 0.29) is 24.2 Å². The molecule has 2 fully saturated rings. The van der Waals surface area contributed by atoms with E-state index in [2.05, 4.69) is 30.0 Å². The number of hydrogen-bond donors (Lipinski definition) is 1. The van der Waals surface area contributed by atoms with Gasteiger partial charge in [0.15, 0.2) is 5.65 Å². The van der Waals surface area contributed by atoms with E-state index in [1.165, 1.54) is 5.56 Å². The zero-order valence-electron chi connectivity index (χ0n) is 23.7. The fourth-order valence-electron chi connectivity index (χ4n) is 5.37. The maximum Gasteiger partial charge on any atom is 0.410 e. The molecule has 0 aliphatic carbocycles. The van der Waals surface area contributed by atoms with E-state index in [1.807, 2.05) is 54.5 Å². The van der Waals surface area contributed by atoms with Gasteiger partial charge < -0.3 is 20.1 Å². The highest BCUT2D eigenvalue weighted by molar-refractivity contribution is 5.69. The quantitative estimate of drug-likeness (QED) is 0.432. The molecule has 39 heavy (non-hydrogen) atoms. The number of carbonyl (C=O) groups excluding carboxylic acids is 1. The Hall–Kier alpha value is -3.17. The topological polar surface area (TPSA) is 98.2 Å². The second-order valence-corrected chi connectivity index (χ2v) is 11.9. The molecule has 5 rings (SSSR count). The van der Waals surface area contributed by atoms with Crippen LogP contribution in [0.5, 0.6) is 0 Å². The number of amides is 1. The van der Waals surface area contributed by atoms with Crippen molar-refractivity contribution >= 4 is 17.6 Å². The van der Waals surface area contributed by atoms with Gasteiger partial charge in [0, 0.05) is 31.8 Å². The highest BCUT2D eigenvalue weighted by Gasteiger charge is 2.34. The first-order valence-corrected chi connectivity index (χ1v) is 14.2. The molecule has 2 N–H and O–H groups in total. The third kappa shape index (κ3) is 6.36. The monoisotopic (exact) mass is 534 g/mol. The molecule has 0 spiro atoms. The molecule has 4 heterocycles. The van der Waals surface area contributed by atoms with Crippen LogP contribution in [-0.2, 0) is 16.1 Å². The van der Waals surface area contributed by atoms with Gasteiger partial charge in [-0.15, -0.1) is 0 Å². The van der Waals surface area contributed by atoms with Crippen LogP contribution in [0.2, 0.25) is 0 Å². The molecule has 9 nitrogen and oxygen atoms in total. The molecule has 9 heteroatoms. The summed E-state index contributed by atoms with van der Waals surface area (Å²) >= 11 is 0. The van der Waals surface area contributed by atoms with Gasteiger partial charge in [0.25, 0.3) is 0 Å². The van der Waals surface area contributed by atoms with Crippen LogP contribution in [0.4, 0.5) is 10.6 Å². The fourth-order valence-corrected chi connectivity index (χ4v) is 5.37. The summed E-state index contributed by atoms with van der Waals surface area (Å²) in [6.45, 7) is 11.4. The predicted molar refractivity (Wildman–Crippen MR) is 152 cm³/mol. The molecule has 0 saturated carbocycles. The van der Waals surface area contributed by atoms with Gasteiger partial charge in [-0.3, -0.25) is 4.90 Å².